The lowest BCUT2D eigenvalue weighted by molar-refractivity contribution is 0.593. The van der Waals surface area contributed by atoms with Gasteiger partial charge < -0.3 is 4.57 Å². The van der Waals surface area contributed by atoms with Crippen molar-refractivity contribution in [1.82, 2.24) is 14.5 Å². The quantitative estimate of drug-likeness (QED) is 0.591. The van der Waals surface area contributed by atoms with E-state index < -0.39 is 5.54 Å². The molecule has 0 aliphatic heterocycles. The van der Waals surface area contributed by atoms with Gasteiger partial charge in [0.2, 0.25) is 0 Å². The van der Waals surface area contributed by atoms with Crippen molar-refractivity contribution in [2.24, 2.45) is 12.2 Å². The van der Waals surface area contributed by atoms with E-state index in [1.807, 2.05) is 54.9 Å². The van der Waals surface area contributed by atoms with Crippen LogP contribution in [0.5, 0.6) is 0 Å². The highest BCUT2D eigenvalue weighted by atomic mass is 35.5. The first-order valence-electron chi connectivity index (χ1n) is 8.74. The summed E-state index contributed by atoms with van der Waals surface area (Å²) in [6.45, 7) is 3.94. The number of fused-ring (bicyclic) bond motifs is 2. The summed E-state index contributed by atoms with van der Waals surface area (Å²) in [5, 5.41) is 4.19. The van der Waals surface area contributed by atoms with Gasteiger partial charge in [-0.25, -0.2) is 4.98 Å². The zero-order valence-electron chi connectivity index (χ0n) is 15.3. The topological polar surface area (TPSA) is 60.1 Å². The second kappa shape index (κ2) is 6.43. The van der Waals surface area contributed by atoms with Crippen molar-refractivity contribution in [2.45, 2.75) is 25.3 Å². The number of benzene rings is 1. The average molecular weight is 379 g/mol. The molecule has 1 unspecified atom stereocenters. The SMILES string of the molecule is C[C@H]1c2ccc(Cl)cc2C(C(C)(N=O)c2cncn2C)=Cc2cccnc21. The number of halogens is 1. The summed E-state index contributed by atoms with van der Waals surface area (Å²) in [5.74, 6) is 0.0599. The normalized spacial score (nSPS) is 17.9. The van der Waals surface area contributed by atoms with Crippen molar-refractivity contribution in [3.63, 3.8) is 0 Å². The highest BCUT2D eigenvalue weighted by Crippen LogP contribution is 2.46. The molecule has 2 atom stereocenters. The summed E-state index contributed by atoms with van der Waals surface area (Å²) in [7, 11) is 1.86. The van der Waals surface area contributed by atoms with Gasteiger partial charge in [0.05, 0.1) is 23.9 Å². The van der Waals surface area contributed by atoms with E-state index >= 15 is 0 Å². The molecule has 1 aliphatic rings. The van der Waals surface area contributed by atoms with Crippen molar-refractivity contribution in [2.75, 3.05) is 0 Å². The van der Waals surface area contributed by atoms with E-state index in [9.17, 15) is 4.91 Å². The van der Waals surface area contributed by atoms with Crippen LogP contribution in [-0.4, -0.2) is 14.5 Å². The fraction of sp³-hybridized carbons (Fsp3) is 0.238. The number of nitroso groups, excluding NO2 is 1. The lowest BCUT2D eigenvalue weighted by atomic mass is 9.81. The second-order valence-corrected chi connectivity index (χ2v) is 7.48. The van der Waals surface area contributed by atoms with E-state index in [0.717, 1.165) is 33.7 Å². The molecule has 0 radical (unpaired) electrons. The van der Waals surface area contributed by atoms with Gasteiger partial charge in [-0.05, 0) is 53.5 Å². The molecule has 0 saturated carbocycles. The minimum absolute atomic E-state index is 0.0599. The molecule has 0 spiro atoms. The molecule has 0 saturated heterocycles. The highest BCUT2D eigenvalue weighted by molar-refractivity contribution is 6.30. The summed E-state index contributed by atoms with van der Waals surface area (Å²) < 4.78 is 1.82. The first-order chi connectivity index (χ1) is 13.0. The standard InChI is InChI=1S/C21H19ClN4O/c1-13-16-7-6-15(22)10-17(16)18(9-14-5-4-8-24-20(13)14)21(2,25-27)19-11-23-12-26(19)3/h4-13H,1-3H3/t13-,21?/m0/s1. The van der Waals surface area contributed by atoms with Crippen molar-refractivity contribution in [3.8, 4) is 0 Å². The Labute approximate surface area is 162 Å². The molecular formula is C21H19ClN4O. The van der Waals surface area contributed by atoms with E-state index in [0.29, 0.717) is 5.02 Å². The van der Waals surface area contributed by atoms with Gasteiger partial charge in [-0.1, -0.05) is 35.8 Å². The van der Waals surface area contributed by atoms with Crippen LogP contribution >= 0.6 is 11.6 Å². The third-order valence-corrected chi connectivity index (χ3v) is 5.61. The molecule has 2 heterocycles. The molecule has 27 heavy (non-hydrogen) atoms. The number of nitrogens with zero attached hydrogens (tertiary/aromatic N) is 4. The Hall–Kier alpha value is -2.79. The van der Waals surface area contributed by atoms with Crippen LogP contribution in [0, 0.1) is 4.91 Å². The molecule has 3 aromatic rings. The zero-order chi connectivity index (χ0) is 19.2. The smallest absolute Gasteiger partial charge is 0.166 e. The summed E-state index contributed by atoms with van der Waals surface area (Å²) in [6, 6.07) is 9.71. The predicted octanol–water partition coefficient (Wildman–Crippen LogP) is 5.16. The number of rotatable bonds is 3. The van der Waals surface area contributed by atoms with E-state index in [4.69, 9.17) is 11.6 Å². The molecule has 136 valence electrons. The van der Waals surface area contributed by atoms with Crippen molar-refractivity contribution < 1.29 is 0 Å². The van der Waals surface area contributed by atoms with Gasteiger partial charge in [0.15, 0.2) is 5.54 Å². The van der Waals surface area contributed by atoms with Gasteiger partial charge in [-0.3, -0.25) is 4.98 Å². The van der Waals surface area contributed by atoms with Crippen LogP contribution in [-0.2, 0) is 12.6 Å². The number of pyridine rings is 1. The fourth-order valence-electron chi connectivity index (χ4n) is 3.90. The van der Waals surface area contributed by atoms with Crippen LogP contribution in [0.4, 0.5) is 0 Å². The van der Waals surface area contributed by atoms with Crippen molar-refractivity contribution in [1.29, 1.82) is 0 Å². The molecule has 6 heteroatoms. The van der Waals surface area contributed by atoms with Crippen LogP contribution in [0.25, 0.3) is 11.6 Å². The van der Waals surface area contributed by atoms with E-state index in [-0.39, 0.29) is 5.92 Å². The monoisotopic (exact) mass is 378 g/mol. The van der Waals surface area contributed by atoms with Crippen LogP contribution in [0.3, 0.4) is 0 Å². The highest BCUT2D eigenvalue weighted by Gasteiger charge is 2.39. The third-order valence-electron chi connectivity index (χ3n) is 5.38. The minimum Gasteiger partial charge on any atom is -0.335 e. The molecule has 5 nitrogen and oxygen atoms in total. The summed E-state index contributed by atoms with van der Waals surface area (Å²) in [5.41, 5.74) is 4.31. The summed E-state index contributed by atoms with van der Waals surface area (Å²) in [4.78, 5) is 21.0. The molecular weight excluding hydrogens is 360 g/mol. The predicted molar refractivity (Wildman–Crippen MR) is 107 cm³/mol. The molecule has 1 aromatic carbocycles. The molecule has 0 bridgehead atoms. The van der Waals surface area contributed by atoms with Gasteiger partial charge in [-0.2, -0.15) is 0 Å². The Morgan fingerprint density at radius 1 is 1.30 bits per heavy atom. The number of aromatic nitrogens is 3. The van der Waals surface area contributed by atoms with E-state index in [2.05, 4.69) is 22.1 Å². The zero-order valence-corrected chi connectivity index (χ0v) is 16.1. The Bertz CT molecular complexity index is 1070. The van der Waals surface area contributed by atoms with Gasteiger partial charge in [0, 0.05) is 24.2 Å². The molecule has 4 rings (SSSR count). The Balaban J connectivity index is 2.08. The molecule has 0 fully saturated rings. The van der Waals surface area contributed by atoms with Crippen LogP contribution in [0.15, 0.2) is 54.2 Å². The lowest BCUT2D eigenvalue weighted by Crippen LogP contribution is -2.24. The van der Waals surface area contributed by atoms with Crippen LogP contribution in [0.2, 0.25) is 5.02 Å². The Morgan fingerprint density at radius 3 is 2.81 bits per heavy atom. The Kier molecular flexibility index (Phi) is 4.19. The van der Waals surface area contributed by atoms with Crippen molar-refractivity contribution in [3.05, 3.63) is 87.1 Å². The largest absolute Gasteiger partial charge is 0.335 e. The van der Waals surface area contributed by atoms with E-state index in [1.165, 1.54) is 0 Å². The minimum atomic E-state index is -1.12. The summed E-state index contributed by atoms with van der Waals surface area (Å²) >= 11 is 6.33. The molecule has 0 N–H and O–H groups in total. The van der Waals surface area contributed by atoms with Gasteiger partial charge in [0.25, 0.3) is 0 Å². The van der Waals surface area contributed by atoms with E-state index in [1.54, 1.807) is 18.7 Å². The number of hydrogen-bond donors (Lipinski definition) is 0. The first-order valence-corrected chi connectivity index (χ1v) is 9.11. The van der Waals surface area contributed by atoms with Gasteiger partial charge >= 0.3 is 0 Å². The maximum Gasteiger partial charge on any atom is 0.166 e. The van der Waals surface area contributed by atoms with Crippen LogP contribution < -0.4 is 0 Å². The van der Waals surface area contributed by atoms with Crippen molar-refractivity contribution >= 4 is 23.3 Å². The maximum atomic E-state index is 12.2. The fourth-order valence-corrected chi connectivity index (χ4v) is 4.07. The lowest BCUT2D eigenvalue weighted by Gasteiger charge is -2.27. The number of imidazole rings is 1. The second-order valence-electron chi connectivity index (χ2n) is 7.04. The number of hydrogen-bond acceptors (Lipinski definition) is 4. The van der Waals surface area contributed by atoms with Gasteiger partial charge in [-0.15, -0.1) is 4.91 Å². The Morgan fingerprint density at radius 2 is 2.11 bits per heavy atom. The third kappa shape index (κ3) is 2.70. The number of aryl methyl sites for hydroxylation is 1. The molecule has 2 aromatic heterocycles. The van der Waals surface area contributed by atoms with Gasteiger partial charge in [0.1, 0.15) is 0 Å². The summed E-state index contributed by atoms with van der Waals surface area (Å²) in [6.07, 6.45) is 7.16. The molecule has 1 aliphatic carbocycles. The first kappa shape index (κ1) is 17.6. The molecule has 0 amide bonds. The average Bonchev–Trinajstić information content (AvgIpc) is 3.07. The maximum absolute atomic E-state index is 12.2. The van der Waals surface area contributed by atoms with Crippen LogP contribution in [0.1, 0.15) is 47.8 Å².